The van der Waals surface area contributed by atoms with Gasteiger partial charge in [-0.05, 0) is 30.3 Å². The Balaban J connectivity index is 2.32. The molecule has 92 valence electrons. The number of hydrogen-bond acceptors (Lipinski definition) is 3. The summed E-state index contributed by atoms with van der Waals surface area (Å²) in [7, 11) is 0. The van der Waals surface area contributed by atoms with Crippen LogP contribution in [0, 0.1) is 28.5 Å². The van der Waals surface area contributed by atoms with Crippen molar-refractivity contribution in [2.45, 2.75) is 0 Å². The Hall–Kier alpha value is -2.37. The van der Waals surface area contributed by atoms with Gasteiger partial charge in [-0.2, -0.15) is 10.5 Å². The molecule has 3 nitrogen and oxygen atoms in total. The van der Waals surface area contributed by atoms with Crippen LogP contribution in [0.1, 0.15) is 11.1 Å². The Kier molecular flexibility index (Phi) is 3.79. The van der Waals surface area contributed by atoms with E-state index < -0.39 is 5.82 Å². The molecule has 0 radical (unpaired) electrons. The average Bonchev–Trinajstić information content (AvgIpc) is 2.38. The third-order valence-corrected chi connectivity index (χ3v) is 2.75. The molecule has 0 N–H and O–H groups in total. The number of nitriles is 2. The summed E-state index contributed by atoms with van der Waals surface area (Å²) in [6.07, 6.45) is 0. The molecule has 0 aliphatic rings. The summed E-state index contributed by atoms with van der Waals surface area (Å²) in [4.78, 5) is 0. The van der Waals surface area contributed by atoms with Crippen molar-refractivity contribution in [3.63, 3.8) is 0 Å². The van der Waals surface area contributed by atoms with Crippen LogP contribution in [-0.4, -0.2) is 0 Å². The van der Waals surface area contributed by atoms with Crippen molar-refractivity contribution in [3.05, 3.63) is 57.8 Å². The molecule has 0 unspecified atom stereocenters. The molecule has 0 heterocycles. The molecule has 2 aromatic rings. The molecule has 19 heavy (non-hydrogen) atoms. The highest BCUT2D eigenvalue weighted by atomic mass is 79.9. The van der Waals surface area contributed by atoms with Gasteiger partial charge in [0.15, 0.2) is 0 Å². The Morgan fingerprint density at radius 3 is 2.42 bits per heavy atom. The van der Waals surface area contributed by atoms with Gasteiger partial charge in [0.05, 0.1) is 17.2 Å². The quantitative estimate of drug-likeness (QED) is 0.837. The van der Waals surface area contributed by atoms with Gasteiger partial charge in [0.1, 0.15) is 23.4 Å². The summed E-state index contributed by atoms with van der Waals surface area (Å²) >= 11 is 3.26. The van der Waals surface area contributed by atoms with Gasteiger partial charge >= 0.3 is 0 Å². The highest BCUT2D eigenvalue weighted by Gasteiger charge is 2.06. The van der Waals surface area contributed by atoms with E-state index in [1.54, 1.807) is 24.3 Å². The molecule has 0 fully saturated rings. The lowest BCUT2D eigenvalue weighted by Crippen LogP contribution is -1.89. The minimum atomic E-state index is -0.643. The molecule has 0 saturated heterocycles. The maximum absolute atomic E-state index is 13.4. The normalized spacial score (nSPS) is 9.47. The molecule has 0 atom stereocenters. The van der Waals surface area contributed by atoms with E-state index in [9.17, 15) is 4.39 Å². The van der Waals surface area contributed by atoms with Crippen LogP contribution in [0.4, 0.5) is 4.39 Å². The molecule has 0 bridgehead atoms. The molecule has 0 aromatic heterocycles. The minimum Gasteiger partial charge on any atom is -0.457 e. The maximum atomic E-state index is 13.4. The Labute approximate surface area is 117 Å². The smallest absolute Gasteiger partial charge is 0.144 e. The van der Waals surface area contributed by atoms with Gasteiger partial charge in [0.2, 0.25) is 0 Å². The third kappa shape index (κ3) is 3.09. The van der Waals surface area contributed by atoms with Crippen molar-refractivity contribution >= 4 is 15.9 Å². The Morgan fingerprint density at radius 1 is 1.00 bits per heavy atom. The first-order valence-corrected chi connectivity index (χ1v) is 6.00. The van der Waals surface area contributed by atoms with E-state index in [0.717, 1.165) is 6.07 Å². The van der Waals surface area contributed by atoms with E-state index in [1.165, 1.54) is 12.1 Å². The van der Waals surface area contributed by atoms with Gasteiger partial charge in [-0.3, -0.25) is 0 Å². The van der Waals surface area contributed by atoms with Crippen LogP contribution in [0.15, 0.2) is 40.9 Å². The van der Waals surface area contributed by atoms with E-state index in [1.807, 2.05) is 6.07 Å². The van der Waals surface area contributed by atoms with Gasteiger partial charge in [-0.25, -0.2) is 4.39 Å². The number of benzene rings is 2. The summed E-state index contributed by atoms with van der Waals surface area (Å²) < 4.78 is 19.6. The average molecular weight is 317 g/mol. The van der Waals surface area contributed by atoms with Crippen LogP contribution >= 0.6 is 15.9 Å². The van der Waals surface area contributed by atoms with Gasteiger partial charge < -0.3 is 4.74 Å². The van der Waals surface area contributed by atoms with Crippen molar-refractivity contribution in [1.82, 2.24) is 0 Å². The molecular weight excluding hydrogens is 311 g/mol. The summed E-state index contributed by atoms with van der Waals surface area (Å²) in [5.41, 5.74) is 0.387. The van der Waals surface area contributed by atoms with E-state index in [2.05, 4.69) is 15.9 Å². The largest absolute Gasteiger partial charge is 0.457 e. The molecule has 0 saturated carbocycles. The van der Waals surface area contributed by atoms with Crippen molar-refractivity contribution < 1.29 is 9.13 Å². The van der Waals surface area contributed by atoms with E-state index in [-0.39, 0.29) is 11.3 Å². The molecule has 0 aliphatic carbocycles. The second-order valence-electron chi connectivity index (χ2n) is 3.64. The van der Waals surface area contributed by atoms with Gasteiger partial charge in [0, 0.05) is 10.5 Å². The molecule has 0 spiro atoms. The number of halogens is 2. The Morgan fingerprint density at radius 2 is 1.79 bits per heavy atom. The standard InChI is InChI=1S/C14H6BrFN2O/c15-11-3-9(7-17)4-13(5-11)19-12-2-1-10(8-18)14(16)6-12/h1-6H. The monoisotopic (exact) mass is 316 g/mol. The second kappa shape index (κ2) is 5.51. The highest BCUT2D eigenvalue weighted by molar-refractivity contribution is 9.10. The molecule has 2 rings (SSSR count). The summed E-state index contributed by atoms with van der Waals surface area (Å²) in [5, 5.41) is 17.5. The molecule has 5 heteroatoms. The van der Waals surface area contributed by atoms with Crippen LogP contribution in [-0.2, 0) is 0 Å². The lowest BCUT2D eigenvalue weighted by molar-refractivity contribution is 0.476. The zero-order valence-electron chi connectivity index (χ0n) is 9.52. The Bertz CT molecular complexity index is 716. The molecule has 2 aromatic carbocycles. The summed E-state index contributed by atoms with van der Waals surface area (Å²) in [6, 6.07) is 12.5. The summed E-state index contributed by atoms with van der Waals surface area (Å²) in [6.45, 7) is 0. The third-order valence-electron chi connectivity index (χ3n) is 2.30. The second-order valence-corrected chi connectivity index (χ2v) is 4.56. The number of nitrogens with zero attached hydrogens (tertiary/aromatic N) is 2. The van der Waals surface area contributed by atoms with E-state index in [4.69, 9.17) is 15.3 Å². The van der Waals surface area contributed by atoms with Crippen LogP contribution in [0.25, 0.3) is 0 Å². The fourth-order valence-electron chi connectivity index (χ4n) is 1.47. The fourth-order valence-corrected chi connectivity index (χ4v) is 1.94. The predicted octanol–water partition coefficient (Wildman–Crippen LogP) is 4.12. The topological polar surface area (TPSA) is 56.8 Å². The van der Waals surface area contributed by atoms with Crippen molar-refractivity contribution in [3.8, 4) is 23.6 Å². The van der Waals surface area contributed by atoms with E-state index in [0.29, 0.717) is 15.8 Å². The van der Waals surface area contributed by atoms with Gasteiger partial charge in [0.25, 0.3) is 0 Å². The summed E-state index contributed by atoms with van der Waals surface area (Å²) in [5.74, 6) is 0.0315. The fraction of sp³-hybridized carbons (Fsp3) is 0. The van der Waals surface area contributed by atoms with E-state index >= 15 is 0 Å². The zero-order valence-corrected chi connectivity index (χ0v) is 11.1. The van der Waals surface area contributed by atoms with Crippen molar-refractivity contribution in [2.75, 3.05) is 0 Å². The first-order chi connectivity index (χ1) is 9.12. The van der Waals surface area contributed by atoms with Crippen LogP contribution in [0.3, 0.4) is 0 Å². The highest BCUT2D eigenvalue weighted by Crippen LogP contribution is 2.27. The zero-order chi connectivity index (χ0) is 13.8. The number of rotatable bonds is 2. The first-order valence-electron chi connectivity index (χ1n) is 5.20. The first kappa shape index (κ1) is 13.1. The van der Waals surface area contributed by atoms with Crippen LogP contribution < -0.4 is 4.74 Å². The van der Waals surface area contributed by atoms with Gasteiger partial charge in [-0.1, -0.05) is 15.9 Å². The number of ether oxygens (including phenoxy) is 1. The number of hydrogen-bond donors (Lipinski definition) is 0. The lowest BCUT2D eigenvalue weighted by atomic mass is 10.2. The van der Waals surface area contributed by atoms with Crippen LogP contribution in [0.2, 0.25) is 0 Å². The molecule has 0 amide bonds. The minimum absolute atomic E-state index is 0.0423. The SMILES string of the molecule is N#Cc1cc(Br)cc(Oc2ccc(C#N)c(F)c2)c1. The van der Waals surface area contributed by atoms with Crippen molar-refractivity contribution in [2.24, 2.45) is 0 Å². The van der Waals surface area contributed by atoms with Crippen molar-refractivity contribution in [1.29, 1.82) is 10.5 Å². The van der Waals surface area contributed by atoms with Crippen LogP contribution in [0.5, 0.6) is 11.5 Å². The molecule has 0 aliphatic heterocycles. The lowest BCUT2D eigenvalue weighted by Gasteiger charge is -2.07. The van der Waals surface area contributed by atoms with Gasteiger partial charge in [-0.15, -0.1) is 0 Å². The predicted molar refractivity (Wildman–Crippen MR) is 70.0 cm³/mol. The molecular formula is C14H6BrFN2O. The maximum Gasteiger partial charge on any atom is 0.144 e.